The van der Waals surface area contributed by atoms with E-state index in [1.54, 1.807) is 27.7 Å². The minimum Gasteiger partial charge on any atom is -0.444 e. The standard InChI is InChI=1S/C20H26F4N2O2/c1-13-11-25(17(27)28-18(2,3)4)16(14-5-7-15(21)8-6-14)12-26(13)19(9-10-19)20(22,23)24/h5-8,13,16H,9-12H2,1-4H3/t13-,16+/m0/s1. The van der Waals surface area contributed by atoms with E-state index in [4.69, 9.17) is 4.74 Å². The number of ether oxygens (including phenoxy) is 1. The van der Waals surface area contributed by atoms with Crippen LogP contribution < -0.4 is 0 Å². The highest BCUT2D eigenvalue weighted by molar-refractivity contribution is 5.69. The SMILES string of the molecule is C[C@H]1CN(C(=O)OC(C)(C)C)[C@@H](c2ccc(F)cc2)CN1C1(C(F)(F)F)CC1. The normalized spacial score (nSPS) is 25.5. The Hall–Kier alpha value is -1.83. The molecule has 0 N–H and O–H groups in total. The molecule has 28 heavy (non-hydrogen) atoms. The second-order valence-corrected chi connectivity index (χ2v) is 8.73. The Morgan fingerprint density at radius 1 is 1.11 bits per heavy atom. The van der Waals surface area contributed by atoms with Crippen LogP contribution in [0.1, 0.15) is 52.1 Å². The number of rotatable bonds is 2. The molecule has 1 heterocycles. The smallest absolute Gasteiger partial charge is 0.410 e. The highest BCUT2D eigenvalue weighted by Crippen LogP contribution is 2.55. The molecule has 2 atom stereocenters. The Kier molecular flexibility index (Phi) is 5.15. The minimum atomic E-state index is -4.33. The van der Waals surface area contributed by atoms with E-state index in [0.717, 1.165) is 0 Å². The lowest BCUT2D eigenvalue weighted by Gasteiger charge is -2.49. The van der Waals surface area contributed by atoms with Crippen LogP contribution in [0.4, 0.5) is 22.4 Å². The van der Waals surface area contributed by atoms with Crippen molar-refractivity contribution in [3.63, 3.8) is 0 Å². The average Bonchev–Trinajstić information content (AvgIpc) is 3.35. The zero-order chi connectivity index (χ0) is 20.9. The predicted octanol–water partition coefficient (Wildman–Crippen LogP) is 4.90. The van der Waals surface area contributed by atoms with Crippen molar-refractivity contribution in [2.75, 3.05) is 13.1 Å². The van der Waals surface area contributed by atoms with E-state index in [1.165, 1.54) is 34.1 Å². The van der Waals surface area contributed by atoms with Crippen LogP contribution in [0.2, 0.25) is 0 Å². The van der Waals surface area contributed by atoms with Crippen LogP contribution in [0.25, 0.3) is 0 Å². The quantitative estimate of drug-likeness (QED) is 0.660. The monoisotopic (exact) mass is 402 g/mol. The van der Waals surface area contributed by atoms with Gasteiger partial charge in [-0.05, 0) is 58.2 Å². The Balaban J connectivity index is 1.93. The van der Waals surface area contributed by atoms with E-state index in [1.807, 2.05) is 0 Å². The molecule has 2 fully saturated rings. The van der Waals surface area contributed by atoms with Crippen LogP contribution in [0.5, 0.6) is 0 Å². The van der Waals surface area contributed by atoms with Crippen LogP contribution in [-0.4, -0.2) is 52.3 Å². The van der Waals surface area contributed by atoms with E-state index in [0.29, 0.717) is 5.56 Å². The molecular formula is C20H26F4N2O2. The fourth-order valence-corrected chi connectivity index (χ4v) is 3.92. The molecule has 0 spiro atoms. The first-order valence-electron chi connectivity index (χ1n) is 9.43. The van der Waals surface area contributed by atoms with Crippen LogP contribution in [-0.2, 0) is 4.74 Å². The summed E-state index contributed by atoms with van der Waals surface area (Å²) in [7, 11) is 0. The number of benzene rings is 1. The van der Waals surface area contributed by atoms with Crippen LogP contribution >= 0.6 is 0 Å². The molecule has 1 amide bonds. The molecular weight excluding hydrogens is 376 g/mol. The summed E-state index contributed by atoms with van der Waals surface area (Å²) in [4.78, 5) is 15.7. The first-order valence-corrected chi connectivity index (χ1v) is 9.43. The third kappa shape index (κ3) is 3.97. The summed E-state index contributed by atoms with van der Waals surface area (Å²) in [5.74, 6) is -0.442. The molecule has 156 valence electrons. The second kappa shape index (κ2) is 6.90. The van der Waals surface area contributed by atoms with Gasteiger partial charge >= 0.3 is 12.3 Å². The van der Waals surface area contributed by atoms with Gasteiger partial charge in [0, 0.05) is 19.1 Å². The van der Waals surface area contributed by atoms with E-state index < -0.39 is 41.3 Å². The van der Waals surface area contributed by atoms with E-state index in [9.17, 15) is 22.4 Å². The molecule has 1 aliphatic carbocycles. The van der Waals surface area contributed by atoms with Gasteiger partial charge in [-0.15, -0.1) is 0 Å². The van der Waals surface area contributed by atoms with E-state index in [-0.39, 0.29) is 25.9 Å². The summed E-state index contributed by atoms with van der Waals surface area (Å²) in [6.45, 7) is 7.03. The number of alkyl halides is 3. The van der Waals surface area contributed by atoms with Crippen molar-refractivity contribution in [2.24, 2.45) is 0 Å². The molecule has 0 aromatic heterocycles. The molecule has 3 rings (SSSR count). The highest BCUT2D eigenvalue weighted by atomic mass is 19.4. The van der Waals surface area contributed by atoms with Gasteiger partial charge in [0.25, 0.3) is 0 Å². The van der Waals surface area contributed by atoms with E-state index >= 15 is 0 Å². The largest absolute Gasteiger partial charge is 0.444 e. The topological polar surface area (TPSA) is 32.8 Å². The zero-order valence-electron chi connectivity index (χ0n) is 16.5. The molecule has 0 bridgehead atoms. The van der Waals surface area contributed by atoms with Crippen molar-refractivity contribution in [2.45, 2.75) is 69.9 Å². The Bertz CT molecular complexity index is 723. The molecule has 4 nitrogen and oxygen atoms in total. The number of nitrogens with zero attached hydrogens (tertiary/aromatic N) is 2. The number of carbonyl (C=O) groups excluding carboxylic acids is 1. The first-order chi connectivity index (χ1) is 12.8. The third-order valence-corrected chi connectivity index (χ3v) is 5.42. The maximum atomic E-state index is 13.7. The van der Waals surface area contributed by atoms with Crippen molar-refractivity contribution in [3.05, 3.63) is 35.6 Å². The average molecular weight is 402 g/mol. The van der Waals surface area contributed by atoms with Gasteiger partial charge in [-0.2, -0.15) is 13.2 Å². The molecule has 1 aromatic rings. The Morgan fingerprint density at radius 3 is 2.14 bits per heavy atom. The molecule has 1 aliphatic heterocycles. The number of halogens is 4. The van der Waals surface area contributed by atoms with Crippen LogP contribution in [0.3, 0.4) is 0 Å². The van der Waals surface area contributed by atoms with E-state index in [2.05, 4.69) is 0 Å². The number of hydrogen-bond acceptors (Lipinski definition) is 3. The highest BCUT2D eigenvalue weighted by Gasteiger charge is 2.68. The molecule has 1 saturated heterocycles. The third-order valence-electron chi connectivity index (χ3n) is 5.42. The maximum Gasteiger partial charge on any atom is 0.410 e. The van der Waals surface area contributed by atoms with Crippen molar-refractivity contribution < 1.29 is 27.1 Å². The summed E-state index contributed by atoms with van der Waals surface area (Å²) in [5.41, 5.74) is -1.97. The Labute approximate surface area is 162 Å². The number of piperazine rings is 1. The lowest BCUT2D eigenvalue weighted by Crippen LogP contribution is -2.62. The van der Waals surface area contributed by atoms with Crippen molar-refractivity contribution in [1.29, 1.82) is 0 Å². The summed E-state index contributed by atoms with van der Waals surface area (Å²) in [6, 6.07) is 4.40. The van der Waals surface area contributed by atoms with Gasteiger partial charge in [0.15, 0.2) is 0 Å². The van der Waals surface area contributed by atoms with Crippen molar-refractivity contribution >= 4 is 6.09 Å². The van der Waals surface area contributed by atoms with Gasteiger partial charge in [-0.25, -0.2) is 9.18 Å². The molecule has 2 aliphatic rings. The summed E-state index contributed by atoms with van der Waals surface area (Å²) in [5, 5.41) is 0. The van der Waals surface area contributed by atoms with Gasteiger partial charge in [-0.3, -0.25) is 9.80 Å². The van der Waals surface area contributed by atoms with Gasteiger partial charge in [0.05, 0.1) is 6.04 Å². The van der Waals surface area contributed by atoms with Gasteiger partial charge in [-0.1, -0.05) is 12.1 Å². The van der Waals surface area contributed by atoms with Gasteiger partial charge < -0.3 is 4.74 Å². The number of carbonyl (C=O) groups is 1. The summed E-state index contributed by atoms with van der Waals surface area (Å²) in [6.07, 6.45) is -4.79. The molecule has 0 radical (unpaired) electrons. The van der Waals surface area contributed by atoms with Gasteiger partial charge in [0.1, 0.15) is 17.0 Å². The Morgan fingerprint density at radius 2 is 1.68 bits per heavy atom. The van der Waals surface area contributed by atoms with Crippen LogP contribution in [0.15, 0.2) is 24.3 Å². The second-order valence-electron chi connectivity index (χ2n) is 8.73. The molecule has 0 unspecified atom stereocenters. The van der Waals surface area contributed by atoms with Crippen LogP contribution in [0, 0.1) is 5.82 Å². The summed E-state index contributed by atoms with van der Waals surface area (Å²) < 4.78 is 60.0. The fourth-order valence-electron chi connectivity index (χ4n) is 3.92. The number of amides is 1. The summed E-state index contributed by atoms with van der Waals surface area (Å²) >= 11 is 0. The van der Waals surface area contributed by atoms with Crippen molar-refractivity contribution in [1.82, 2.24) is 9.80 Å². The fraction of sp³-hybridized carbons (Fsp3) is 0.650. The van der Waals surface area contributed by atoms with Gasteiger partial charge in [0.2, 0.25) is 0 Å². The zero-order valence-corrected chi connectivity index (χ0v) is 16.5. The lowest BCUT2D eigenvalue weighted by atomic mass is 9.97. The predicted molar refractivity (Wildman–Crippen MR) is 96.3 cm³/mol. The lowest BCUT2D eigenvalue weighted by molar-refractivity contribution is -0.209. The molecule has 1 saturated carbocycles. The van der Waals surface area contributed by atoms with Crippen molar-refractivity contribution in [3.8, 4) is 0 Å². The minimum absolute atomic E-state index is 0.0194. The molecule has 1 aromatic carbocycles. The maximum absolute atomic E-state index is 13.7. The first kappa shape index (κ1) is 20.9. The number of hydrogen-bond donors (Lipinski definition) is 0. The molecule has 8 heteroatoms.